The first-order valence-corrected chi connectivity index (χ1v) is 11.8. The Bertz CT molecular complexity index is 1210. The fourth-order valence-corrected chi connectivity index (χ4v) is 4.78. The minimum atomic E-state index is -0.343. The van der Waals surface area contributed by atoms with Gasteiger partial charge in [-0.25, -0.2) is 0 Å². The van der Waals surface area contributed by atoms with E-state index in [1.54, 1.807) is 7.11 Å². The zero-order valence-electron chi connectivity index (χ0n) is 19.8. The highest BCUT2D eigenvalue weighted by atomic mass is 16.6. The van der Waals surface area contributed by atoms with Gasteiger partial charge in [-0.15, -0.1) is 0 Å². The van der Waals surface area contributed by atoms with Crippen LogP contribution in [0.1, 0.15) is 35.8 Å². The molecule has 1 saturated heterocycles. The van der Waals surface area contributed by atoms with Gasteiger partial charge in [0.2, 0.25) is 0 Å². The summed E-state index contributed by atoms with van der Waals surface area (Å²) in [4.78, 5) is 16.3. The SMILES string of the molecule is COC(c1cc(=O)nc2n1CC(COc1ccc(-c3cccc(C)c3C)cc1)O2)C1CCCO1. The number of hydrogen-bond acceptors (Lipinski definition) is 6. The van der Waals surface area contributed by atoms with E-state index in [4.69, 9.17) is 18.9 Å². The predicted octanol–water partition coefficient (Wildman–Crippen LogP) is 4.23. The van der Waals surface area contributed by atoms with Crippen molar-refractivity contribution in [3.63, 3.8) is 0 Å². The summed E-state index contributed by atoms with van der Waals surface area (Å²) in [7, 11) is 1.64. The number of fused-ring (bicyclic) bond motifs is 1. The summed E-state index contributed by atoms with van der Waals surface area (Å²) in [5.41, 5.74) is 5.34. The van der Waals surface area contributed by atoms with E-state index in [2.05, 4.69) is 49.2 Å². The van der Waals surface area contributed by atoms with Crippen LogP contribution in [0.25, 0.3) is 11.1 Å². The molecule has 7 nitrogen and oxygen atoms in total. The normalized spacial score (nSPS) is 20.1. The van der Waals surface area contributed by atoms with Crippen molar-refractivity contribution in [2.45, 2.75) is 51.5 Å². The Kier molecular flexibility index (Phi) is 6.39. The molecule has 34 heavy (non-hydrogen) atoms. The molecule has 3 heterocycles. The van der Waals surface area contributed by atoms with Gasteiger partial charge in [-0.3, -0.25) is 9.36 Å². The number of nitrogens with zero attached hydrogens (tertiary/aromatic N) is 2. The summed E-state index contributed by atoms with van der Waals surface area (Å²) in [6.07, 6.45) is 1.22. The molecular formula is C27H30N2O5. The minimum Gasteiger partial charge on any atom is -0.490 e. The van der Waals surface area contributed by atoms with E-state index in [0.29, 0.717) is 25.8 Å². The van der Waals surface area contributed by atoms with Crippen LogP contribution in [0, 0.1) is 13.8 Å². The van der Waals surface area contributed by atoms with Crippen LogP contribution in [0.5, 0.6) is 11.8 Å². The Labute approximate surface area is 199 Å². The van der Waals surface area contributed by atoms with Crippen molar-refractivity contribution >= 4 is 0 Å². The van der Waals surface area contributed by atoms with Crippen molar-refractivity contribution in [3.05, 3.63) is 75.7 Å². The minimum absolute atomic E-state index is 0.0748. The standard InChI is InChI=1S/C27H30N2O5/c1-17-6-4-7-22(18(17)2)19-9-11-20(12-10-19)33-16-21-15-29-23(14-25(30)28-27(29)34-21)26(31-3)24-8-5-13-32-24/h4,6-7,9-12,14,21,24,26H,5,8,13,15-16H2,1-3H3. The third kappa shape index (κ3) is 4.45. The molecule has 2 aliphatic rings. The Hall–Kier alpha value is -3.16. The second-order valence-electron chi connectivity index (χ2n) is 8.94. The Morgan fingerprint density at radius 3 is 2.74 bits per heavy atom. The number of ether oxygens (including phenoxy) is 4. The summed E-state index contributed by atoms with van der Waals surface area (Å²) < 4.78 is 25.4. The van der Waals surface area contributed by atoms with Crippen molar-refractivity contribution < 1.29 is 18.9 Å². The van der Waals surface area contributed by atoms with Crippen molar-refractivity contribution in [2.75, 3.05) is 20.3 Å². The van der Waals surface area contributed by atoms with E-state index in [9.17, 15) is 4.79 Å². The Morgan fingerprint density at radius 1 is 1.18 bits per heavy atom. The van der Waals surface area contributed by atoms with Crippen LogP contribution in [0.4, 0.5) is 0 Å². The predicted molar refractivity (Wildman–Crippen MR) is 128 cm³/mol. The van der Waals surface area contributed by atoms with Gasteiger partial charge in [-0.05, 0) is 61.1 Å². The first-order chi connectivity index (χ1) is 16.5. The maximum Gasteiger partial charge on any atom is 0.300 e. The quantitative estimate of drug-likeness (QED) is 0.523. The summed E-state index contributed by atoms with van der Waals surface area (Å²) in [6, 6.07) is 16.3. The molecule has 0 bridgehead atoms. The van der Waals surface area contributed by atoms with Gasteiger partial charge in [-0.2, -0.15) is 4.98 Å². The van der Waals surface area contributed by atoms with Crippen molar-refractivity contribution in [2.24, 2.45) is 0 Å². The fourth-order valence-electron chi connectivity index (χ4n) is 4.78. The van der Waals surface area contributed by atoms with Crippen LogP contribution in [0.3, 0.4) is 0 Å². The highest BCUT2D eigenvalue weighted by molar-refractivity contribution is 5.68. The lowest BCUT2D eigenvalue weighted by Crippen LogP contribution is -2.27. The first kappa shape index (κ1) is 22.6. The maximum absolute atomic E-state index is 12.2. The molecule has 1 aromatic heterocycles. The van der Waals surface area contributed by atoms with Crippen molar-refractivity contribution in [1.29, 1.82) is 0 Å². The fraction of sp³-hybridized carbons (Fsp3) is 0.407. The number of benzene rings is 2. The van der Waals surface area contributed by atoms with E-state index in [-0.39, 0.29) is 23.9 Å². The molecule has 2 aromatic carbocycles. The van der Waals surface area contributed by atoms with Gasteiger partial charge >= 0.3 is 6.01 Å². The molecule has 0 aliphatic carbocycles. The van der Waals surface area contributed by atoms with E-state index in [1.807, 2.05) is 16.7 Å². The number of hydrogen-bond donors (Lipinski definition) is 0. The number of methoxy groups -OCH3 is 1. The van der Waals surface area contributed by atoms with E-state index in [1.165, 1.54) is 22.8 Å². The first-order valence-electron chi connectivity index (χ1n) is 11.8. The summed E-state index contributed by atoms with van der Waals surface area (Å²) in [5.74, 6) is 0.769. The van der Waals surface area contributed by atoms with Crippen molar-refractivity contribution in [3.8, 4) is 22.9 Å². The molecule has 3 atom stereocenters. The molecule has 1 fully saturated rings. The summed E-state index contributed by atoms with van der Waals surface area (Å²) >= 11 is 0. The average molecular weight is 463 g/mol. The lowest BCUT2D eigenvalue weighted by atomic mass is 9.97. The summed E-state index contributed by atoms with van der Waals surface area (Å²) in [5, 5.41) is 0. The van der Waals surface area contributed by atoms with Gasteiger partial charge in [0.1, 0.15) is 18.5 Å². The van der Waals surface area contributed by atoms with Gasteiger partial charge in [-0.1, -0.05) is 30.3 Å². The molecule has 0 saturated carbocycles. The van der Waals surface area contributed by atoms with Crippen LogP contribution in [-0.4, -0.2) is 42.1 Å². The smallest absolute Gasteiger partial charge is 0.300 e. The zero-order valence-corrected chi connectivity index (χ0v) is 19.8. The summed E-state index contributed by atoms with van der Waals surface area (Å²) in [6.45, 7) is 5.86. The highest BCUT2D eigenvalue weighted by Crippen LogP contribution is 2.33. The van der Waals surface area contributed by atoms with Gasteiger partial charge in [0.15, 0.2) is 6.10 Å². The lowest BCUT2D eigenvalue weighted by Gasteiger charge is -2.23. The monoisotopic (exact) mass is 462 g/mol. The number of aryl methyl sites for hydroxylation is 1. The van der Waals surface area contributed by atoms with Crippen LogP contribution < -0.4 is 15.0 Å². The highest BCUT2D eigenvalue weighted by Gasteiger charge is 2.34. The maximum atomic E-state index is 12.2. The molecule has 0 amide bonds. The van der Waals surface area contributed by atoms with Gasteiger partial charge in [0.25, 0.3) is 5.56 Å². The second-order valence-corrected chi connectivity index (χ2v) is 8.94. The molecule has 5 rings (SSSR count). The second kappa shape index (κ2) is 9.60. The molecule has 0 spiro atoms. The van der Waals surface area contributed by atoms with Gasteiger partial charge in [0, 0.05) is 19.8 Å². The van der Waals surface area contributed by atoms with Crippen LogP contribution >= 0.6 is 0 Å². The topological polar surface area (TPSA) is 71.8 Å². The van der Waals surface area contributed by atoms with Crippen LogP contribution in [0.2, 0.25) is 0 Å². The molecule has 0 radical (unpaired) electrons. The van der Waals surface area contributed by atoms with Gasteiger partial charge < -0.3 is 18.9 Å². The third-order valence-electron chi connectivity index (χ3n) is 6.73. The molecule has 7 heteroatoms. The number of rotatable bonds is 7. The largest absolute Gasteiger partial charge is 0.490 e. The van der Waals surface area contributed by atoms with Crippen molar-refractivity contribution in [1.82, 2.24) is 9.55 Å². The molecule has 3 aromatic rings. The molecule has 178 valence electrons. The Balaban J connectivity index is 1.27. The average Bonchev–Trinajstić information content (AvgIpc) is 3.51. The van der Waals surface area contributed by atoms with Crippen LogP contribution in [0.15, 0.2) is 53.3 Å². The molecule has 0 N–H and O–H groups in total. The lowest BCUT2D eigenvalue weighted by molar-refractivity contribution is -0.0324. The van der Waals surface area contributed by atoms with Gasteiger partial charge in [0.05, 0.1) is 18.3 Å². The molecule has 2 aliphatic heterocycles. The Morgan fingerprint density at radius 2 is 2.00 bits per heavy atom. The molecule has 3 unspecified atom stereocenters. The van der Waals surface area contributed by atoms with E-state index < -0.39 is 0 Å². The zero-order chi connectivity index (χ0) is 23.7. The third-order valence-corrected chi connectivity index (χ3v) is 6.73. The molecular weight excluding hydrogens is 432 g/mol. The number of aromatic nitrogens is 2. The van der Waals surface area contributed by atoms with Crippen LogP contribution in [-0.2, 0) is 16.0 Å². The van der Waals surface area contributed by atoms with E-state index >= 15 is 0 Å². The van der Waals surface area contributed by atoms with E-state index in [0.717, 1.165) is 29.8 Å².